The molecule has 0 bridgehead atoms. The van der Waals surface area contributed by atoms with Gasteiger partial charge in [0.05, 0.1) is 24.7 Å². The van der Waals surface area contributed by atoms with E-state index < -0.39 is 15.6 Å². The molecule has 0 saturated carbocycles. The van der Waals surface area contributed by atoms with E-state index in [9.17, 15) is 13.2 Å². The van der Waals surface area contributed by atoms with E-state index in [1.54, 1.807) is 6.07 Å². The molecule has 4 rings (SSSR count). The highest BCUT2D eigenvalue weighted by Crippen LogP contribution is 2.32. The molecule has 3 fully saturated rings. The lowest BCUT2D eigenvalue weighted by Crippen LogP contribution is -2.46. The number of rotatable bonds is 3. The SMILES string of the molecule is Cc1cc(C(=O)NC2CCS(=O)(=O)C2)nc(N2CCC3(CC2)OCCO3)n1. The lowest BCUT2D eigenvalue weighted by Gasteiger charge is -2.37. The van der Waals surface area contributed by atoms with Gasteiger partial charge in [-0.3, -0.25) is 4.79 Å². The highest BCUT2D eigenvalue weighted by Gasteiger charge is 2.40. The lowest BCUT2D eigenvalue weighted by atomic mass is 10.0. The number of ether oxygens (including phenoxy) is 2. The maximum atomic E-state index is 12.5. The predicted octanol–water partition coefficient (Wildman–Crippen LogP) is 0.0452. The molecule has 9 nitrogen and oxygen atoms in total. The fourth-order valence-electron chi connectivity index (χ4n) is 3.81. The van der Waals surface area contributed by atoms with Crippen molar-refractivity contribution in [3.63, 3.8) is 0 Å². The van der Waals surface area contributed by atoms with Gasteiger partial charge in [0.1, 0.15) is 5.69 Å². The third-order valence-corrected chi connectivity index (χ3v) is 7.03. The van der Waals surface area contributed by atoms with Gasteiger partial charge in [0.15, 0.2) is 15.6 Å². The molecule has 0 radical (unpaired) electrons. The second kappa shape index (κ2) is 6.99. The van der Waals surface area contributed by atoms with Crippen molar-refractivity contribution in [2.45, 2.75) is 38.0 Å². The molecule has 1 spiro atoms. The third-order valence-electron chi connectivity index (χ3n) is 5.26. The molecule has 0 aliphatic carbocycles. The van der Waals surface area contributed by atoms with E-state index in [2.05, 4.69) is 15.3 Å². The van der Waals surface area contributed by atoms with Crippen LogP contribution in [0.1, 0.15) is 35.4 Å². The number of sulfone groups is 1. The summed E-state index contributed by atoms with van der Waals surface area (Å²) in [5.41, 5.74) is 0.952. The van der Waals surface area contributed by atoms with Gasteiger partial charge in [-0.2, -0.15) is 0 Å². The van der Waals surface area contributed by atoms with E-state index in [-0.39, 0.29) is 29.1 Å². The molecule has 1 N–H and O–H groups in total. The van der Waals surface area contributed by atoms with Crippen molar-refractivity contribution >= 4 is 21.7 Å². The van der Waals surface area contributed by atoms with Crippen LogP contribution in [-0.4, -0.2) is 73.9 Å². The van der Waals surface area contributed by atoms with E-state index in [1.807, 2.05) is 11.8 Å². The van der Waals surface area contributed by atoms with Crippen LogP contribution in [-0.2, 0) is 19.3 Å². The molecule has 1 aromatic heterocycles. The Morgan fingerprint density at radius 1 is 1.26 bits per heavy atom. The Morgan fingerprint density at radius 3 is 2.59 bits per heavy atom. The molecular weight excluding hydrogens is 372 g/mol. The van der Waals surface area contributed by atoms with Crippen molar-refractivity contribution in [2.24, 2.45) is 0 Å². The molecule has 1 unspecified atom stereocenters. The first-order valence-corrected chi connectivity index (χ1v) is 11.1. The lowest BCUT2D eigenvalue weighted by molar-refractivity contribution is -0.169. The Balaban J connectivity index is 1.44. The molecule has 0 aromatic carbocycles. The van der Waals surface area contributed by atoms with E-state index in [0.717, 1.165) is 12.8 Å². The minimum Gasteiger partial charge on any atom is -0.347 e. The van der Waals surface area contributed by atoms with Gasteiger partial charge in [-0.05, 0) is 19.4 Å². The number of anilines is 1. The van der Waals surface area contributed by atoms with Crippen molar-refractivity contribution in [1.29, 1.82) is 0 Å². The number of carbonyl (C=O) groups excluding carboxylic acids is 1. The number of nitrogens with zero attached hydrogens (tertiary/aromatic N) is 3. The number of nitrogens with one attached hydrogen (secondary N) is 1. The van der Waals surface area contributed by atoms with E-state index in [0.29, 0.717) is 44.4 Å². The Hall–Kier alpha value is -1.78. The average molecular weight is 396 g/mol. The summed E-state index contributed by atoms with van der Waals surface area (Å²) < 4.78 is 34.6. The van der Waals surface area contributed by atoms with Gasteiger partial charge in [-0.15, -0.1) is 0 Å². The molecule has 27 heavy (non-hydrogen) atoms. The Kier molecular flexibility index (Phi) is 4.81. The van der Waals surface area contributed by atoms with Crippen molar-refractivity contribution in [1.82, 2.24) is 15.3 Å². The average Bonchev–Trinajstić information content (AvgIpc) is 3.21. The molecular formula is C17H24N4O5S. The molecule has 1 amide bonds. The number of aryl methyl sites for hydroxylation is 1. The van der Waals surface area contributed by atoms with Crippen LogP contribution in [0.5, 0.6) is 0 Å². The number of hydrogen-bond donors (Lipinski definition) is 1. The Bertz CT molecular complexity index is 828. The zero-order chi connectivity index (χ0) is 19.1. The molecule has 148 valence electrons. The third kappa shape index (κ3) is 4.07. The molecule has 3 aliphatic rings. The van der Waals surface area contributed by atoms with Gasteiger partial charge in [0.2, 0.25) is 5.95 Å². The summed E-state index contributed by atoms with van der Waals surface area (Å²) in [4.78, 5) is 23.5. The largest absolute Gasteiger partial charge is 0.347 e. The quantitative estimate of drug-likeness (QED) is 0.763. The molecule has 1 aromatic rings. The summed E-state index contributed by atoms with van der Waals surface area (Å²) in [7, 11) is -3.05. The van der Waals surface area contributed by atoms with Crippen LogP contribution in [0, 0.1) is 6.92 Å². The highest BCUT2D eigenvalue weighted by molar-refractivity contribution is 7.91. The van der Waals surface area contributed by atoms with Crippen molar-refractivity contribution in [3.8, 4) is 0 Å². The van der Waals surface area contributed by atoms with Gasteiger partial charge in [-0.25, -0.2) is 18.4 Å². The fourth-order valence-corrected chi connectivity index (χ4v) is 5.49. The van der Waals surface area contributed by atoms with Crippen LogP contribution in [0.3, 0.4) is 0 Å². The summed E-state index contributed by atoms with van der Waals surface area (Å²) in [5.74, 6) is -0.226. The van der Waals surface area contributed by atoms with Crippen molar-refractivity contribution < 1.29 is 22.7 Å². The van der Waals surface area contributed by atoms with Crippen molar-refractivity contribution in [3.05, 3.63) is 17.5 Å². The maximum absolute atomic E-state index is 12.5. The minimum atomic E-state index is -3.05. The van der Waals surface area contributed by atoms with Gasteiger partial charge in [-0.1, -0.05) is 0 Å². The highest BCUT2D eigenvalue weighted by atomic mass is 32.2. The predicted molar refractivity (Wildman–Crippen MR) is 97.4 cm³/mol. The van der Waals surface area contributed by atoms with Crippen LogP contribution >= 0.6 is 0 Å². The summed E-state index contributed by atoms with van der Waals surface area (Å²) in [6, 6.07) is 1.27. The number of carbonyl (C=O) groups is 1. The summed E-state index contributed by atoms with van der Waals surface area (Å²) in [5, 5.41) is 2.78. The Labute approximate surface area is 158 Å². The maximum Gasteiger partial charge on any atom is 0.270 e. The number of piperidine rings is 1. The smallest absolute Gasteiger partial charge is 0.270 e. The van der Waals surface area contributed by atoms with Crippen LogP contribution in [0.2, 0.25) is 0 Å². The second-order valence-corrected chi connectivity index (χ2v) is 9.59. The Morgan fingerprint density at radius 2 is 1.96 bits per heavy atom. The van der Waals surface area contributed by atoms with Gasteiger partial charge >= 0.3 is 0 Å². The van der Waals surface area contributed by atoms with E-state index in [4.69, 9.17) is 9.47 Å². The van der Waals surface area contributed by atoms with Gasteiger partial charge in [0.25, 0.3) is 5.91 Å². The molecule has 4 heterocycles. The number of hydrogen-bond acceptors (Lipinski definition) is 8. The summed E-state index contributed by atoms with van der Waals surface area (Å²) >= 11 is 0. The normalized spacial score (nSPS) is 26.4. The van der Waals surface area contributed by atoms with Crippen LogP contribution in [0.4, 0.5) is 5.95 Å². The van der Waals surface area contributed by atoms with E-state index >= 15 is 0 Å². The van der Waals surface area contributed by atoms with Crippen LogP contribution in [0.15, 0.2) is 6.07 Å². The zero-order valence-electron chi connectivity index (χ0n) is 15.3. The van der Waals surface area contributed by atoms with Crippen LogP contribution in [0.25, 0.3) is 0 Å². The van der Waals surface area contributed by atoms with Crippen molar-refractivity contribution in [2.75, 3.05) is 42.7 Å². The first-order chi connectivity index (χ1) is 12.8. The fraction of sp³-hybridized carbons (Fsp3) is 0.706. The van der Waals surface area contributed by atoms with E-state index in [1.165, 1.54) is 0 Å². The monoisotopic (exact) mass is 396 g/mol. The van der Waals surface area contributed by atoms with Gasteiger partial charge < -0.3 is 19.7 Å². The molecule has 3 saturated heterocycles. The zero-order valence-corrected chi connectivity index (χ0v) is 16.1. The minimum absolute atomic E-state index is 0.0100. The first kappa shape index (κ1) is 18.6. The topological polar surface area (TPSA) is 111 Å². The standard InChI is InChI=1S/C17H24N4O5S/c1-12-10-14(15(22)19-13-2-9-27(23,24)11-13)20-16(18-12)21-5-3-17(4-6-21)25-7-8-26-17/h10,13H,2-9,11H2,1H3,(H,19,22). The second-order valence-electron chi connectivity index (χ2n) is 7.36. The number of aromatic nitrogens is 2. The van der Waals surface area contributed by atoms with Crippen LogP contribution < -0.4 is 10.2 Å². The van der Waals surface area contributed by atoms with Gasteiger partial charge in [0, 0.05) is 37.7 Å². The first-order valence-electron chi connectivity index (χ1n) is 9.24. The molecule has 1 atom stereocenters. The molecule has 3 aliphatic heterocycles. The summed E-state index contributed by atoms with van der Waals surface area (Å²) in [6.45, 7) is 4.44. The summed E-state index contributed by atoms with van der Waals surface area (Å²) in [6.07, 6.45) is 1.90. The molecule has 10 heteroatoms. The number of amides is 1.